The van der Waals surface area contributed by atoms with Crippen LogP contribution in [0.1, 0.15) is 37.6 Å². The number of aromatic nitrogens is 1. The number of nitrogens with two attached hydrogens (primary N) is 1. The SMILES string of the molecule is CC.NC1CCc2cccnc21. The fourth-order valence-corrected chi connectivity index (χ4v) is 1.44. The maximum Gasteiger partial charge on any atom is 0.0602 e. The molecule has 0 amide bonds. The second-order valence-corrected chi connectivity index (χ2v) is 2.69. The second kappa shape index (κ2) is 4.21. The molecule has 1 atom stereocenters. The zero-order valence-corrected chi connectivity index (χ0v) is 7.75. The third kappa shape index (κ3) is 1.64. The Hall–Kier alpha value is -0.890. The van der Waals surface area contributed by atoms with Crippen LogP contribution in [0.15, 0.2) is 18.3 Å². The van der Waals surface area contributed by atoms with Gasteiger partial charge in [-0.2, -0.15) is 0 Å². The van der Waals surface area contributed by atoms with Crippen molar-refractivity contribution in [1.82, 2.24) is 4.98 Å². The highest BCUT2D eigenvalue weighted by Crippen LogP contribution is 2.25. The van der Waals surface area contributed by atoms with E-state index in [9.17, 15) is 0 Å². The van der Waals surface area contributed by atoms with Gasteiger partial charge in [-0.05, 0) is 24.5 Å². The first kappa shape index (κ1) is 9.20. The molecule has 0 fully saturated rings. The summed E-state index contributed by atoms with van der Waals surface area (Å²) >= 11 is 0. The first-order chi connectivity index (χ1) is 5.88. The van der Waals surface area contributed by atoms with E-state index in [2.05, 4.69) is 11.1 Å². The Morgan fingerprint density at radius 3 is 2.92 bits per heavy atom. The summed E-state index contributed by atoms with van der Waals surface area (Å²) in [7, 11) is 0. The Bertz CT molecular complexity index is 245. The van der Waals surface area contributed by atoms with E-state index in [-0.39, 0.29) is 6.04 Å². The van der Waals surface area contributed by atoms with Crippen molar-refractivity contribution in [3.05, 3.63) is 29.6 Å². The van der Waals surface area contributed by atoms with Gasteiger partial charge in [-0.25, -0.2) is 0 Å². The van der Waals surface area contributed by atoms with Gasteiger partial charge in [0, 0.05) is 12.2 Å². The summed E-state index contributed by atoms with van der Waals surface area (Å²) in [5, 5.41) is 0. The maximum absolute atomic E-state index is 5.78. The predicted molar refractivity (Wildman–Crippen MR) is 50.8 cm³/mol. The van der Waals surface area contributed by atoms with Gasteiger partial charge in [0.1, 0.15) is 0 Å². The van der Waals surface area contributed by atoms with Gasteiger partial charge in [-0.3, -0.25) is 4.98 Å². The molecule has 2 N–H and O–H groups in total. The van der Waals surface area contributed by atoms with E-state index in [1.807, 2.05) is 26.1 Å². The second-order valence-electron chi connectivity index (χ2n) is 2.69. The number of rotatable bonds is 0. The highest BCUT2D eigenvalue weighted by atomic mass is 14.8. The van der Waals surface area contributed by atoms with Gasteiger partial charge in [-0.1, -0.05) is 19.9 Å². The Morgan fingerprint density at radius 1 is 1.50 bits per heavy atom. The summed E-state index contributed by atoms with van der Waals surface area (Å²) in [6.07, 6.45) is 3.97. The monoisotopic (exact) mass is 164 g/mol. The number of pyridine rings is 1. The highest BCUT2D eigenvalue weighted by Gasteiger charge is 2.18. The minimum Gasteiger partial charge on any atom is -0.323 e. The normalized spacial score (nSPS) is 19.4. The highest BCUT2D eigenvalue weighted by molar-refractivity contribution is 5.27. The molecule has 0 radical (unpaired) electrons. The van der Waals surface area contributed by atoms with Crippen molar-refractivity contribution in [1.29, 1.82) is 0 Å². The van der Waals surface area contributed by atoms with Gasteiger partial charge in [0.05, 0.1) is 5.69 Å². The molecule has 2 nitrogen and oxygen atoms in total. The van der Waals surface area contributed by atoms with Gasteiger partial charge in [-0.15, -0.1) is 0 Å². The molecule has 12 heavy (non-hydrogen) atoms. The van der Waals surface area contributed by atoms with E-state index >= 15 is 0 Å². The van der Waals surface area contributed by atoms with Crippen LogP contribution in [-0.2, 0) is 6.42 Å². The Labute approximate surface area is 73.8 Å². The third-order valence-corrected chi connectivity index (χ3v) is 2.00. The van der Waals surface area contributed by atoms with Gasteiger partial charge in [0.2, 0.25) is 0 Å². The van der Waals surface area contributed by atoms with E-state index in [4.69, 9.17) is 5.73 Å². The van der Waals surface area contributed by atoms with Crippen LogP contribution in [0.5, 0.6) is 0 Å². The topological polar surface area (TPSA) is 38.9 Å². The van der Waals surface area contributed by atoms with E-state index in [1.54, 1.807) is 0 Å². The number of hydrogen-bond acceptors (Lipinski definition) is 2. The van der Waals surface area contributed by atoms with E-state index in [0.717, 1.165) is 18.5 Å². The molecule has 1 aliphatic rings. The van der Waals surface area contributed by atoms with Crippen molar-refractivity contribution < 1.29 is 0 Å². The van der Waals surface area contributed by atoms with Crippen molar-refractivity contribution in [3.8, 4) is 0 Å². The van der Waals surface area contributed by atoms with Crippen LogP contribution in [0.25, 0.3) is 0 Å². The fraction of sp³-hybridized carbons (Fsp3) is 0.500. The third-order valence-electron chi connectivity index (χ3n) is 2.00. The van der Waals surface area contributed by atoms with Gasteiger partial charge < -0.3 is 5.73 Å². The number of hydrogen-bond donors (Lipinski definition) is 1. The van der Waals surface area contributed by atoms with E-state index in [0.29, 0.717) is 0 Å². The van der Waals surface area contributed by atoms with E-state index in [1.165, 1.54) is 5.56 Å². The van der Waals surface area contributed by atoms with Crippen molar-refractivity contribution in [2.24, 2.45) is 5.73 Å². The molecule has 0 saturated heterocycles. The Morgan fingerprint density at radius 2 is 2.25 bits per heavy atom. The van der Waals surface area contributed by atoms with Gasteiger partial charge >= 0.3 is 0 Å². The molecule has 66 valence electrons. The lowest BCUT2D eigenvalue weighted by Gasteiger charge is -2.00. The lowest BCUT2D eigenvalue weighted by Crippen LogP contribution is -2.06. The number of aryl methyl sites for hydroxylation is 1. The average molecular weight is 164 g/mol. The zero-order valence-electron chi connectivity index (χ0n) is 7.75. The van der Waals surface area contributed by atoms with Crippen LogP contribution in [0, 0.1) is 0 Å². The average Bonchev–Trinajstić information content (AvgIpc) is 2.53. The molecule has 0 spiro atoms. The summed E-state index contributed by atoms with van der Waals surface area (Å²) in [6.45, 7) is 4.00. The molecule has 1 unspecified atom stereocenters. The summed E-state index contributed by atoms with van der Waals surface area (Å²) in [5.74, 6) is 0. The fourth-order valence-electron chi connectivity index (χ4n) is 1.44. The van der Waals surface area contributed by atoms with Crippen LogP contribution in [0.3, 0.4) is 0 Å². The molecule has 2 rings (SSSR count). The molecule has 1 aromatic rings. The number of nitrogens with zero attached hydrogens (tertiary/aromatic N) is 1. The molecular formula is C10H16N2. The first-order valence-corrected chi connectivity index (χ1v) is 4.57. The number of fused-ring (bicyclic) bond motifs is 1. The van der Waals surface area contributed by atoms with Crippen LogP contribution in [0.4, 0.5) is 0 Å². The Kier molecular flexibility index (Phi) is 3.23. The van der Waals surface area contributed by atoms with Gasteiger partial charge in [0.15, 0.2) is 0 Å². The predicted octanol–water partition coefficient (Wildman–Crippen LogP) is 2.05. The van der Waals surface area contributed by atoms with Crippen molar-refractivity contribution in [2.45, 2.75) is 32.7 Å². The van der Waals surface area contributed by atoms with Crippen molar-refractivity contribution >= 4 is 0 Å². The molecule has 2 heteroatoms. The molecule has 1 aromatic heterocycles. The van der Waals surface area contributed by atoms with Crippen LogP contribution in [0.2, 0.25) is 0 Å². The molecule has 1 aliphatic carbocycles. The summed E-state index contributed by atoms with van der Waals surface area (Å²) < 4.78 is 0. The Balaban J connectivity index is 0.000000336. The van der Waals surface area contributed by atoms with Crippen molar-refractivity contribution in [2.75, 3.05) is 0 Å². The molecule has 0 aromatic carbocycles. The molecule has 0 saturated carbocycles. The standard InChI is InChI=1S/C8H10N2.C2H6/c9-7-4-3-6-2-1-5-10-8(6)7;1-2/h1-2,5,7H,3-4,9H2;1-2H3. The minimum absolute atomic E-state index is 0.191. The lowest BCUT2D eigenvalue weighted by molar-refractivity contribution is 0.698. The summed E-state index contributed by atoms with van der Waals surface area (Å²) in [4.78, 5) is 4.22. The lowest BCUT2D eigenvalue weighted by atomic mass is 10.2. The first-order valence-electron chi connectivity index (χ1n) is 4.57. The summed E-state index contributed by atoms with van der Waals surface area (Å²) in [6, 6.07) is 4.27. The summed E-state index contributed by atoms with van der Waals surface area (Å²) in [5.41, 5.74) is 8.21. The minimum atomic E-state index is 0.191. The van der Waals surface area contributed by atoms with Crippen LogP contribution >= 0.6 is 0 Å². The molecule has 0 bridgehead atoms. The van der Waals surface area contributed by atoms with E-state index < -0.39 is 0 Å². The van der Waals surface area contributed by atoms with Gasteiger partial charge in [0.25, 0.3) is 0 Å². The quantitative estimate of drug-likeness (QED) is 0.637. The maximum atomic E-state index is 5.78. The van der Waals surface area contributed by atoms with Crippen LogP contribution in [-0.4, -0.2) is 4.98 Å². The molecule has 0 aliphatic heterocycles. The largest absolute Gasteiger partial charge is 0.323 e. The molecule has 1 heterocycles. The van der Waals surface area contributed by atoms with Crippen molar-refractivity contribution in [3.63, 3.8) is 0 Å². The smallest absolute Gasteiger partial charge is 0.0602 e. The zero-order chi connectivity index (χ0) is 8.97. The van der Waals surface area contributed by atoms with Crippen LogP contribution < -0.4 is 5.73 Å². The molecular weight excluding hydrogens is 148 g/mol.